The second kappa shape index (κ2) is 5.87. The highest BCUT2D eigenvalue weighted by atomic mass is 35.5. The lowest BCUT2D eigenvalue weighted by Crippen LogP contribution is -2.27. The molecule has 0 heterocycles. The molecule has 21 heavy (non-hydrogen) atoms. The third-order valence-electron chi connectivity index (χ3n) is 3.52. The third-order valence-corrected chi connectivity index (χ3v) is 7.42. The van der Waals surface area contributed by atoms with Crippen LogP contribution in [0, 0.1) is 6.92 Å². The van der Waals surface area contributed by atoms with Crippen molar-refractivity contribution >= 4 is 29.9 Å². The zero-order valence-corrected chi connectivity index (χ0v) is 14.5. The molecule has 0 radical (unpaired) electrons. The van der Waals surface area contributed by atoms with E-state index in [1.807, 2.05) is 76.2 Å². The lowest BCUT2D eigenvalue weighted by Gasteiger charge is -2.33. The number of hydrogen-bond acceptors (Lipinski definition) is 1. The third kappa shape index (κ3) is 3.33. The van der Waals surface area contributed by atoms with Crippen molar-refractivity contribution in [3.8, 4) is 0 Å². The molecule has 2 rings (SSSR count). The Morgan fingerprint density at radius 3 is 2.19 bits per heavy atom. The normalized spacial score (nSPS) is 14.5. The van der Waals surface area contributed by atoms with Crippen LogP contribution >= 0.6 is 18.9 Å². The number of hydrogen-bond donors (Lipinski definition) is 1. The fourth-order valence-corrected chi connectivity index (χ4v) is 4.62. The first kappa shape index (κ1) is 16.1. The van der Waals surface area contributed by atoms with Crippen LogP contribution in [0.15, 0.2) is 48.5 Å². The highest BCUT2D eigenvalue weighted by Gasteiger charge is 2.38. The van der Waals surface area contributed by atoms with E-state index in [1.54, 1.807) is 0 Å². The van der Waals surface area contributed by atoms with Crippen molar-refractivity contribution in [1.29, 1.82) is 0 Å². The molecule has 0 aliphatic heterocycles. The summed E-state index contributed by atoms with van der Waals surface area (Å²) in [6, 6.07) is 15.3. The quantitative estimate of drug-likeness (QED) is 0.760. The molecule has 0 saturated heterocycles. The van der Waals surface area contributed by atoms with Crippen LogP contribution in [-0.4, -0.2) is 5.16 Å². The molecule has 4 heteroatoms. The molecule has 112 valence electrons. The Bertz CT molecular complexity index is 677. The van der Waals surface area contributed by atoms with E-state index < -0.39 is 12.4 Å². The number of rotatable bonds is 3. The van der Waals surface area contributed by atoms with Crippen LogP contribution < -0.4 is 10.4 Å². The summed E-state index contributed by atoms with van der Waals surface area (Å²) in [4.78, 5) is 0. The predicted octanol–water partition coefficient (Wildman–Crippen LogP) is 5.46. The first-order chi connectivity index (χ1) is 9.74. The highest BCUT2D eigenvalue weighted by molar-refractivity contribution is 7.74. The molecule has 1 unspecified atom stereocenters. The molecule has 0 bridgehead atoms. The maximum atomic E-state index is 13.6. The second-order valence-electron chi connectivity index (χ2n) is 6.19. The fraction of sp³-hybridized carbons (Fsp3) is 0.294. The molecule has 0 fully saturated rings. The van der Waals surface area contributed by atoms with Gasteiger partial charge in [-0.2, -0.15) is 0 Å². The first-order valence-corrected chi connectivity index (χ1v) is 9.03. The summed E-state index contributed by atoms with van der Waals surface area (Å²) in [6.07, 6.45) is 0. The van der Waals surface area contributed by atoms with Crippen LogP contribution in [0.25, 0.3) is 0 Å². The Hall–Kier alpha value is -1.24. The van der Waals surface area contributed by atoms with Gasteiger partial charge in [0, 0.05) is 21.2 Å². The first-order valence-electron chi connectivity index (χ1n) is 6.94. The van der Waals surface area contributed by atoms with E-state index in [4.69, 9.17) is 11.6 Å². The summed E-state index contributed by atoms with van der Waals surface area (Å²) in [7, 11) is -2.82. The van der Waals surface area contributed by atoms with Gasteiger partial charge in [0.05, 0.1) is 0 Å². The van der Waals surface area contributed by atoms with Crippen LogP contribution in [0.3, 0.4) is 0 Å². The van der Waals surface area contributed by atoms with Gasteiger partial charge in [-0.15, -0.1) is 0 Å². The van der Waals surface area contributed by atoms with Gasteiger partial charge in [-0.05, 0) is 36.8 Å². The van der Waals surface area contributed by atoms with E-state index in [9.17, 15) is 4.57 Å². The molecule has 0 spiro atoms. The minimum atomic E-state index is -2.82. The summed E-state index contributed by atoms with van der Waals surface area (Å²) in [5.41, 5.74) is 1.79. The number of benzene rings is 2. The van der Waals surface area contributed by atoms with E-state index in [-0.39, 0.29) is 0 Å². The van der Waals surface area contributed by atoms with Gasteiger partial charge in [-0.25, -0.2) is 0 Å². The highest BCUT2D eigenvalue weighted by Crippen LogP contribution is 2.56. The molecule has 2 aromatic rings. The van der Waals surface area contributed by atoms with Gasteiger partial charge < -0.3 is 5.09 Å². The van der Waals surface area contributed by atoms with Crippen molar-refractivity contribution in [2.24, 2.45) is 0 Å². The topological polar surface area (TPSA) is 29.1 Å². The van der Waals surface area contributed by atoms with Crippen molar-refractivity contribution in [3.63, 3.8) is 0 Å². The molecule has 2 aromatic carbocycles. The van der Waals surface area contributed by atoms with Gasteiger partial charge in [0.1, 0.15) is 0 Å². The van der Waals surface area contributed by atoms with E-state index in [1.165, 1.54) is 0 Å². The maximum Gasteiger partial charge on any atom is 0.203 e. The van der Waals surface area contributed by atoms with Gasteiger partial charge >= 0.3 is 0 Å². The lowest BCUT2D eigenvalue weighted by atomic mass is 10.2. The van der Waals surface area contributed by atoms with E-state index in [0.717, 1.165) is 16.6 Å². The number of anilines is 1. The average molecular weight is 322 g/mol. The minimum absolute atomic E-state index is 0.397. The SMILES string of the molecule is Cc1ccc(NP(=O)(c2ccccc2)C(C)(C)C)cc1Cl. The Labute approximate surface area is 132 Å². The molecule has 0 aliphatic rings. The Kier molecular flexibility index (Phi) is 4.51. The number of aryl methyl sites for hydroxylation is 1. The van der Waals surface area contributed by atoms with E-state index >= 15 is 0 Å². The summed E-state index contributed by atoms with van der Waals surface area (Å²) < 4.78 is 13.6. The van der Waals surface area contributed by atoms with Gasteiger partial charge in [0.25, 0.3) is 0 Å². The smallest absolute Gasteiger partial charge is 0.203 e. The Balaban J connectivity index is 2.48. The Morgan fingerprint density at radius 2 is 1.67 bits per heavy atom. The van der Waals surface area contributed by atoms with Crippen LogP contribution in [0.1, 0.15) is 26.3 Å². The van der Waals surface area contributed by atoms with Crippen molar-refractivity contribution in [1.82, 2.24) is 0 Å². The molecule has 1 atom stereocenters. The standard InChI is InChI=1S/C17H21ClNOP/c1-13-10-11-14(12-16(13)18)19-21(20,17(2,3)4)15-8-6-5-7-9-15/h5-12H,1-4H3,(H,19,20). The van der Waals surface area contributed by atoms with Gasteiger partial charge in [0.15, 0.2) is 0 Å². The van der Waals surface area contributed by atoms with Crippen molar-refractivity contribution in [3.05, 3.63) is 59.1 Å². The van der Waals surface area contributed by atoms with E-state index in [0.29, 0.717) is 5.02 Å². The van der Waals surface area contributed by atoms with Crippen LogP contribution in [0.5, 0.6) is 0 Å². The lowest BCUT2D eigenvalue weighted by molar-refractivity contribution is 0.560. The molecule has 0 aromatic heterocycles. The fourth-order valence-electron chi connectivity index (χ4n) is 2.10. The predicted molar refractivity (Wildman–Crippen MR) is 93.2 cm³/mol. The molecule has 0 saturated carbocycles. The van der Waals surface area contributed by atoms with Crippen LogP contribution in [-0.2, 0) is 4.57 Å². The Morgan fingerprint density at radius 1 is 1.05 bits per heavy atom. The second-order valence-corrected chi connectivity index (χ2v) is 9.90. The molecule has 1 N–H and O–H groups in total. The summed E-state index contributed by atoms with van der Waals surface area (Å²) >= 11 is 6.17. The number of halogens is 1. The van der Waals surface area contributed by atoms with E-state index in [2.05, 4.69) is 5.09 Å². The molecular weight excluding hydrogens is 301 g/mol. The van der Waals surface area contributed by atoms with Crippen molar-refractivity contribution in [2.75, 3.05) is 5.09 Å². The largest absolute Gasteiger partial charge is 0.332 e. The summed E-state index contributed by atoms with van der Waals surface area (Å²) in [5, 5.41) is 4.36. The molecule has 0 aliphatic carbocycles. The average Bonchev–Trinajstić information content (AvgIpc) is 2.42. The maximum absolute atomic E-state index is 13.6. The zero-order chi connectivity index (χ0) is 15.7. The van der Waals surface area contributed by atoms with Gasteiger partial charge in [0.2, 0.25) is 7.29 Å². The molecule has 2 nitrogen and oxygen atoms in total. The number of nitrogens with one attached hydrogen (secondary N) is 1. The van der Waals surface area contributed by atoms with Gasteiger partial charge in [-0.1, -0.05) is 56.6 Å². The van der Waals surface area contributed by atoms with Crippen molar-refractivity contribution < 1.29 is 4.57 Å². The molecule has 0 amide bonds. The monoisotopic (exact) mass is 321 g/mol. The summed E-state index contributed by atoms with van der Waals surface area (Å²) in [5.74, 6) is 0. The van der Waals surface area contributed by atoms with Crippen LogP contribution in [0.4, 0.5) is 5.69 Å². The zero-order valence-electron chi connectivity index (χ0n) is 12.9. The minimum Gasteiger partial charge on any atom is -0.332 e. The van der Waals surface area contributed by atoms with Crippen LogP contribution in [0.2, 0.25) is 5.02 Å². The molecular formula is C17H21ClNOP. The summed E-state index contributed by atoms with van der Waals surface area (Å²) in [6.45, 7) is 7.92. The van der Waals surface area contributed by atoms with Gasteiger partial charge in [-0.3, -0.25) is 4.57 Å². The van der Waals surface area contributed by atoms with Crippen molar-refractivity contribution in [2.45, 2.75) is 32.9 Å².